The number of hydrogen-bond donors (Lipinski definition) is 1. The van der Waals surface area contributed by atoms with Crippen LogP contribution in [-0.4, -0.2) is 21.9 Å². The van der Waals surface area contributed by atoms with Crippen LogP contribution in [0.1, 0.15) is 12.8 Å². The lowest BCUT2D eigenvalue weighted by Crippen LogP contribution is -2.06. The minimum Gasteiger partial charge on any atom is -0.392 e. The van der Waals surface area contributed by atoms with Gasteiger partial charge in [-0.15, -0.1) is 0 Å². The highest BCUT2D eigenvalue weighted by molar-refractivity contribution is 9.09. The molecule has 0 spiro atoms. The molecule has 0 aliphatic heterocycles. The first-order valence-corrected chi connectivity index (χ1v) is 4.85. The Morgan fingerprint density at radius 2 is 2.00 bits per heavy atom. The average molecular weight is 246 g/mol. The third-order valence-corrected chi connectivity index (χ3v) is 2.16. The molecule has 0 heterocycles. The summed E-state index contributed by atoms with van der Waals surface area (Å²) >= 11 is 6.46. The molecular weight excluding hydrogens is 236 g/mol. The molecule has 1 atom stereocenters. The van der Waals surface area contributed by atoms with Gasteiger partial charge in [-0.1, -0.05) is 31.9 Å². The summed E-state index contributed by atoms with van der Waals surface area (Å²) in [7, 11) is 0. The highest BCUT2D eigenvalue weighted by Gasteiger charge is 1.98. The Kier molecular flexibility index (Phi) is 6.74. The Bertz CT molecular complexity index is 49.7. The Labute approximate surface area is 66.7 Å². The fourth-order valence-corrected chi connectivity index (χ4v) is 1.04. The molecule has 0 rings (SSSR count). The topological polar surface area (TPSA) is 20.2 Å². The maximum atomic E-state index is 8.92. The van der Waals surface area contributed by atoms with E-state index in [-0.39, 0.29) is 6.10 Å². The fourth-order valence-electron chi connectivity index (χ4n) is 0.390. The van der Waals surface area contributed by atoms with Crippen molar-refractivity contribution in [2.45, 2.75) is 18.9 Å². The van der Waals surface area contributed by atoms with Crippen molar-refractivity contribution in [3.05, 3.63) is 0 Å². The summed E-state index contributed by atoms with van der Waals surface area (Å²) < 4.78 is 0. The van der Waals surface area contributed by atoms with Crippen LogP contribution in [0.25, 0.3) is 0 Å². The van der Waals surface area contributed by atoms with Crippen LogP contribution in [-0.2, 0) is 0 Å². The van der Waals surface area contributed by atoms with Gasteiger partial charge in [0.05, 0.1) is 6.10 Å². The molecule has 0 aromatic carbocycles. The van der Waals surface area contributed by atoms with Crippen LogP contribution in [0.2, 0.25) is 0 Å². The van der Waals surface area contributed by atoms with E-state index in [0.29, 0.717) is 5.33 Å². The van der Waals surface area contributed by atoms with Gasteiger partial charge in [-0.05, 0) is 12.8 Å². The summed E-state index contributed by atoms with van der Waals surface area (Å²) in [4.78, 5) is 0. The quantitative estimate of drug-likeness (QED) is 0.751. The molecule has 0 saturated heterocycles. The lowest BCUT2D eigenvalue weighted by atomic mass is 10.2. The van der Waals surface area contributed by atoms with Crippen molar-refractivity contribution in [2.75, 3.05) is 10.7 Å². The van der Waals surface area contributed by atoms with E-state index in [1.807, 2.05) is 0 Å². The number of alkyl halides is 2. The zero-order chi connectivity index (χ0) is 6.41. The summed E-state index contributed by atoms with van der Waals surface area (Å²) in [6.07, 6.45) is 1.77. The first-order chi connectivity index (χ1) is 3.81. The Morgan fingerprint density at radius 3 is 2.38 bits per heavy atom. The maximum absolute atomic E-state index is 8.92. The van der Waals surface area contributed by atoms with Gasteiger partial charge in [0.2, 0.25) is 0 Å². The summed E-state index contributed by atoms with van der Waals surface area (Å²) in [6, 6.07) is 0. The second-order valence-corrected chi connectivity index (χ2v) is 3.08. The van der Waals surface area contributed by atoms with Gasteiger partial charge in [0.25, 0.3) is 0 Å². The van der Waals surface area contributed by atoms with Gasteiger partial charge in [0.15, 0.2) is 0 Å². The van der Waals surface area contributed by atoms with Crippen LogP contribution in [0.15, 0.2) is 0 Å². The number of aliphatic hydroxyl groups is 1. The summed E-state index contributed by atoms with van der Waals surface area (Å²) in [5.74, 6) is 0. The van der Waals surface area contributed by atoms with Gasteiger partial charge in [-0.3, -0.25) is 0 Å². The van der Waals surface area contributed by atoms with Crippen LogP contribution in [0.4, 0.5) is 0 Å². The molecule has 0 saturated carbocycles. The molecule has 3 heteroatoms. The van der Waals surface area contributed by atoms with Gasteiger partial charge in [-0.25, -0.2) is 0 Å². The van der Waals surface area contributed by atoms with Gasteiger partial charge in [0.1, 0.15) is 0 Å². The molecule has 0 aromatic heterocycles. The Morgan fingerprint density at radius 1 is 1.38 bits per heavy atom. The Balaban J connectivity index is 2.86. The van der Waals surface area contributed by atoms with Crippen LogP contribution in [0, 0.1) is 0 Å². The number of hydrogen-bond acceptors (Lipinski definition) is 1. The predicted molar refractivity (Wildman–Crippen MR) is 42.8 cm³/mol. The third-order valence-electron chi connectivity index (χ3n) is 0.849. The van der Waals surface area contributed by atoms with E-state index >= 15 is 0 Å². The minimum absolute atomic E-state index is 0.160. The molecule has 0 aliphatic carbocycles. The van der Waals surface area contributed by atoms with E-state index in [1.165, 1.54) is 0 Å². The molecule has 50 valence electrons. The molecule has 0 unspecified atom stereocenters. The van der Waals surface area contributed by atoms with Gasteiger partial charge in [0, 0.05) is 10.7 Å². The summed E-state index contributed by atoms with van der Waals surface area (Å²) in [5.41, 5.74) is 0. The molecule has 1 nitrogen and oxygen atoms in total. The molecule has 0 aliphatic rings. The van der Waals surface area contributed by atoms with Crippen LogP contribution < -0.4 is 0 Å². The zero-order valence-corrected chi connectivity index (χ0v) is 7.78. The maximum Gasteiger partial charge on any atom is 0.0637 e. The van der Waals surface area contributed by atoms with Crippen molar-refractivity contribution < 1.29 is 5.11 Å². The van der Waals surface area contributed by atoms with Crippen molar-refractivity contribution in [3.8, 4) is 0 Å². The Hall–Kier alpha value is 0.920. The lowest BCUT2D eigenvalue weighted by Gasteiger charge is -2.02. The van der Waals surface area contributed by atoms with E-state index in [9.17, 15) is 0 Å². The van der Waals surface area contributed by atoms with E-state index < -0.39 is 0 Å². The third kappa shape index (κ3) is 5.06. The predicted octanol–water partition coefficient (Wildman–Crippen LogP) is 1.92. The molecular formula is C5H10Br2O. The standard InChI is InChI=1S/C5H10Br2O/c6-3-1-2-5(8)4-7/h5,8H,1-4H2/t5-/m0/s1. The van der Waals surface area contributed by atoms with Crippen molar-refractivity contribution in [1.29, 1.82) is 0 Å². The van der Waals surface area contributed by atoms with Crippen LogP contribution >= 0.6 is 31.9 Å². The molecule has 0 bridgehead atoms. The number of halogens is 2. The van der Waals surface area contributed by atoms with Crippen molar-refractivity contribution in [3.63, 3.8) is 0 Å². The van der Waals surface area contributed by atoms with Crippen molar-refractivity contribution in [1.82, 2.24) is 0 Å². The van der Waals surface area contributed by atoms with Crippen molar-refractivity contribution in [2.24, 2.45) is 0 Å². The monoisotopic (exact) mass is 244 g/mol. The molecule has 1 N–H and O–H groups in total. The van der Waals surface area contributed by atoms with Crippen LogP contribution in [0.3, 0.4) is 0 Å². The minimum atomic E-state index is -0.160. The fraction of sp³-hybridized carbons (Fsp3) is 1.00. The van der Waals surface area contributed by atoms with Crippen molar-refractivity contribution >= 4 is 31.9 Å². The van der Waals surface area contributed by atoms with Gasteiger partial charge in [-0.2, -0.15) is 0 Å². The smallest absolute Gasteiger partial charge is 0.0637 e. The number of aliphatic hydroxyl groups excluding tert-OH is 1. The lowest BCUT2D eigenvalue weighted by molar-refractivity contribution is 0.190. The van der Waals surface area contributed by atoms with Crippen LogP contribution in [0.5, 0.6) is 0 Å². The molecule has 0 amide bonds. The second-order valence-electron chi connectivity index (χ2n) is 1.64. The van der Waals surface area contributed by atoms with E-state index in [1.54, 1.807) is 0 Å². The SMILES string of the molecule is O[C@H](CBr)CCCBr. The normalized spacial score (nSPS) is 13.9. The molecule has 8 heavy (non-hydrogen) atoms. The van der Waals surface area contributed by atoms with E-state index in [2.05, 4.69) is 31.9 Å². The zero-order valence-electron chi connectivity index (χ0n) is 4.61. The number of rotatable bonds is 4. The first-order valence-electron chi connectivity index (χ1n) is 2.61. The largest absolute Gasteiger partial charge is 0.392 e. The molecule has 0 aromatic rings. The highest BCUT2D eigenvalue weighted by atomic mass is 79.9. The molecule has 0 fully saturated rings. The van der Waals surface area contributed by atoms with Gasteiger partial charge >= 0.3 is 0 Å². The molecule has 0 radical (unpaired) electrons. The van der Waals surface area contributed by atoms with Gasteiger partial charge < -0.3 is 5.11 Å². The first kappa shape index (κ1) is 8.92. The summed E-state index contributed by atoms with van der Waals surface area (Å²) in [5, 5.41) is 10.6. The summed E-state index contributed by atoms with van der Waals surface area (Å²) in [6.45, 7) is 0. The van der Waals surface area contributed by atoms with E-state index in [0.717, 1.165) is 18.2 Å². The average Bonchev–Trinajstić information content (AvgIpc) is 1.83. The highest BCUT2D eigenvalue weighted by Crippen LogP contribution is 2.01. The van der Waals surface area contributed by atoms with E-state index in [4.69, 9.17) is 5.11 Å². The second kappa shape index (κ2) is 6.05.